The zero-order valence-corrected chi connectivity index (χ0v) is 11.6. The molecule has 0 radical (unpaired) electrons. The van der Waals surface area contributed by atoms with Crippen LogP contribution in [0.2, 0.25) is 0 Å². The van der Waals surface area contributed by atoms with E-state index in [9.17, 15) is 14.7 Å². The van der Waals surface area contributed by atoms with Crippen LogP contribution in [-0.4, -0.2) is 44.6 Å². The number of carbonyl (C=O) groups is 2. The van der Waals surface area contributed by atoms with Crippen LogP contribution in [0.25, 0.3) is 0 Å². The zero-order valence-electron chi connectivity index (χ0n) is 11.6. The maximum absolute atomic E-state index is 12.2. The second-order valence-corrected chi connectivity index (χ2v) is 5.85. The Labute approximate surface area is 121 Å². The maximum atomic E-state index is 12.2. The summed E-state index contributed by atoms with van der Waals surface area (Å²) in [7, 11) is 0. The highest BCUT2D eigenvalue weighted by Gasteiger charge is 2.51. The predicted molar refractivity (Wildman–Crippen MR) is 72.3 cm³/mol. The fourth-order valence-electron chi connectivity index (χ4n) is 3.72. The number of fused-ring (bicyclic) bond motifs is 2. The lowest BCUT2D eigenvalue weighted by molar-refractivity contribution is -0.144. The van der Waals surface area contributed by atoms with Gasteiger partial charge in [0.25, 0.3) is 5.91 Å². The molecule has 2 aliphatic rings. The number of carboxylic acids is 1. The van der Waals surface area contributed by atoms with Crippen LogP contribution in [0.4, 0.5) is 0 Å². The van der Waals surface area contributed by atoms with Crippen LogP contribution < -0.4 is 11.1 Å². The summed E-state index contributed by atoms with van der Waals surface area (Å²) >= 11 is 0. The van der Waals surface area contributed by atoms with Crippen molar-refractivity contribution in [2.24, 2.45) is 23.5 Å². The van der Waals surface area contributed by atoms with E-state index in [0.29, 0.717) is 13.1 Å². The van der Waals surface area contributed by atoms with Gasteiger partial charge in [0, 0.05) is 12.6 Å². The minimum Gasteiger partial charge on any atom is -0.481 e. The van der Waals surface area contributed by atoms with Crippen LogP contribution in [0.5, 0.6) is 0 Å². The summed E-state index contributed by atoms with van der Waals surface area (Å²) < 4.78 is 1.50. The van der Waals surface area contributed by atoms with Gasteiger partial charge < -0.3 is 16.2 Å². The molecule has 8 heteroatoms. The van der Waals surface area contributed by atoms with Gasteiger partial charge in [0.15, 0.2) is 5.69 Å². The Kier molecular flexibility index (Phi) is 3.62. The van der Waals surface area contributed by atoms with Crippen LogP contribution >= 0.6 is 0 Å². The second kappa shape index (κ2) is 5.44. The van der Waals surface area contributed by atoms with Gasteiger partial charge in [-0.3, -0.25) is 14.3 Å². The molecule has 4 atom stereocenters. The molecule has 0 aromatic carbocycles. The number of aliphatic carboxylic acids is 1. The fraction of sp³-hybridized carbons (Fsp3) is 0.692. The molecule has 3 rings (SSSR count). The number of hydrogen-bond acceptors (Lipinski definition) is 5. The normalized spacial score (nSPS) is 30.5. The summed E-state index contributed by atoms with van der Waals surface area (Å²) in [6.45, 7) is 0.907. The Morgan fingerprint density at radius 3 is 2.90 bits per heavy atom. The molecule has 1 aromatic rings. The molecule has 4 unspecified atom stereocenters. The van der Waals surface area contributed by atoms with Gasteiger partial charge in [-0.15, -0.1) is 5.10 Å². The molecule has 114 valence electrons. The molecule has 1 aromatic heterocycles. The number of carbonyl (C=O) groups excluding carboxylic acids is 1. The quantitative estimate of drug-likeness (QED) is 0.670. The van der Waals surface area contributed by atoms with Gasteiger partial charge in [-0.2, -0.15) is 0 Å². The molecule has 2 saturated carbocycles. The molecule has 4 N–H and O–H groups in total. The number of nitrogens with one attached hydrogen (secondary N) is 1. The van der Waals surface area contributed by atoms with Crippen LogP contribution in [0.15, 0.2) is 6.20 Å². The summed E-state index contributed by atoms with van der Waals surface area (Å²) in [6.07, 6.45) is 4.35. The summed E-state index contributed by atoms with van der Waals surface area (Å²) in [4.78, 5) is 23.6. The average molecular weight is 293 g/mol. The Bertz CT molecular complexity index is 558. The third-order valence-electron chi connectivity index (χ3n) is 4.63. The number of amides is 1. The molecule has 2 aliphatic carbocycles. The van der Waals surface area contributed by atoms with Crippen molar-refractivity contribution in [3.63, 3.8) is 0 Å². The van der Waals surface area contributed by atoms with Crippen molar-refractivity contribution in [2.75, 3.05) is 6.54 Å². The van der Waals surface area contributed by atoms with E-state index in [0.717, 1.165) is 19.3 Å². The zero-order chi connectivity index (χ0) is 15.0. The molecule has 2 fully saturated rings. The van der Waals surface area contributed by atoms with Crippen molar-refractivity contribution in [3.8, 4) is 0 Å². The Hall–Kier alpha value is -1.96. The maximum Gasteiger partial charge on any atom is 0.308 e. The standard InChI is InChI=1S/C13H19N5O3/c14-3-4-18-6-9(16-17-18)12(19)15-11-8-2-1-7(5-8)10(11)13(20)21/h6-8,10-11H,1-5,14H2,(H,15,19)(H,20,21). The largest absolute Gasteiger partial charge is 0.481 e. The van der Waals surface area contributed by atoms with Gasteiger partial charge in [-0.05, 0) is 31.1 Å². The fourth-order valence-corrected chi connectivity index (χ4v) is 3.72. The molecule has 2 bridgehead atoms. The summed E-state index contributed by atoms with van der Waals surface area (Å²) in [5, 5.41) is 19.8. The molecule has 1 amide bonds. The van der Waals surface area contributed by atoms with Crippen molar-refractivity contribution >= 4 is 11.9 Å². The van der Waals surface area contributed by atoms with E-state index in [1.54, 1.807) is 0 Å². The number of nitrogens with two attached hydrogens (primary N) is 1. The number of carboxylic acid groups (broad SMARTS) is 1. The Balaban J connectivity index is 1.70. The van der Waals surface area contributed by atoms with E-state index in [-0.39, 0.29) is 29.5 Å². The van der Waals surface area contributed by atoms with Gasteiger partial charge in [0.2, 0.25) is 0 Å². The highest BCUT2D eigenvalue weighted by atomic mass is 16.4. The summed E-state index contributed by atoms with van der Waals surface area (Å²) in [5.41, 5.74) is 5.62. The highest BCUT2D eigenvalue weighted by molar-refractivity contribution is 5.92. The monoisotopic (exact) mass is 293 g/mol. The minimum absolute atomic E-state index is 0.186. The molecular weight excluding hydrogens is 274 g/mol. The van der Waals surface area contributed by atoms with Gasteiger partial charge in [0.05, 0.1) is 18.7 Å². The first-order chi connectivity index (χ1) is 10.1. The summed E-state index contributed by atoms with van der Waals surface area (Å²) in [5.74, 6) is -1.21. The predicted octanol–water partition coefficient (Wildman–Crippen LogP) is -0.534. The van der Waals surface area contributed by atoms with Crippen molar-refractivity contribution in [2.45, 2.75) is 31.8 Å². The molecule has 0 spiro atoms. The highest BCUT2D eigenvalue weighted by Crippen LogP contribution is 2.48. The van der Waals surface area contributed by atoms with E-state index in [2.05, 4.69) is 15.6 Å². The molecule has 1 heterocycles. The number of rotatable bonds is 5. The molecule has 8 nitrogen and oxygen atoms in total. The van der Waals surface area contributed by atoms with E-state index in [4.69, 9.17) is 5.73 Å². The second-order valence-electron chi connectivity index (χ2n) is 5.85. The molecule has 0 aliphatic heterocycles. The topological polar surface area (TPSA) is 123 Å². The van der Waals surface area contributed by atoms with Crippen LogP contribution in [-0.2, 0) is 11.3 Å². The SMILES string of the molecule is NCCn1cc(C(=O)NC2C3CCC(C3)C2C(=O)O)nn1. The molecular formula is C13H19N5O3. The van der Waals surface area contributed by atoms with Crippen molar-refractivity contribution in [1.82, 2.24) is 20.3 Å². The van der Waals surface area contributed by atoms with Gasteiger partial charge in [-0.1, -0.05) is 5.21 Å². The minimum atomic E-state index is -0.820. The average Bonchev–Trinajstić information content (AvgIpc) is 3.13. The Morgan fingerprint density at radius 2 is 2.19 bits per heavy atom. The lowest BCUT2D eigenvalue weighted by atomic mass is 9.84. The number of nitrogens with zero attached hydrogens (tertiary/aromatic N) is 3. The first-order valence-corrected chi connectivity index (χ1v) is 7.24. The van der Waals surface area contributed by atoms with Gasteiger partial charge in [-0.25, -0.2) is 0 Å². The van der Waals surface area contributed by atoms with Crippen LogP contribution in [0.1, 0.15) is 29.8 Å². The molecule has 21 heavy (non-hydrogen) atoms. The van der Waals surface area contributed by atoms with E-state index in [1.807, 2.05) is 0 Å². The third-order valence-corrected chi connectivity index (χ3v) is 4.63. The smallest absolute Gasteiger partial charge is 0.308 e. The molecule has 0 saturated heterocycles. The van der Waals surface area contributed by atoms with Gasteiger partial charge in [0.1, 0.15) is 0 Å². The van der Waals surface area contributed by atoms with Crippen LogP contribution in [0.3, 0.4) is 0 Å². The Morgan fingerprint density at radius 1 is 1.43 bits per heavy atom. The van der Waals surface area contributed by atoms with E-state index >= 15 is 0 Å². The van der Waals surface area contributed by atoms with Crippen LogP contribution in [0, 0.1) is 17.8 Å². The lowest BCUT2D eigenvalue weighted by Gasteiger charge is -2.28. The lowest BCUT2D eigenvalue weighted by Crippen LogP contribution is -2.46. The first kappa shape index (κ1) is 14.0. The van der Waals surface area contributed by atoms with Crippen molar-refractivity contribution < 1.29 is 14.7 Å². The van der Waals surface area contributed by atoms with Gasteiger partial charge >= 0.3 is 5.97 Å². The van der Waals surface area contributed by atoms with Crippen molar-refractivity contribution in [1.29, 1.82) is 0 Å². The van der Waals surface area contributed by atoms with E-state index in [1.165, 1.54) is 10.9 Å². The first-order valence-electron chi connectivity index (χ1n) is 7.24. The number of aromatic nitrogens is 3. The van der Waals surface area contributed by atoms with Crippen molar-refractivity contribution in [3.05, 3.63) is 11.9 Å². The number of hydrogen-bond donors (Lipinski definition) is 3. The van der Waals surface area contributed by atoms with E-state index < -0.39 is 11.9 Å². The summed E-state index contributed by atoms with van der Waals surface area (Å²) in [6, 6.07) is -0.298. The third kappa shape index (κ3) is 2.51.